The number of aryl methyl sites for hydroxylation is 1. The number of hydrogen-bond donors (Lipinski definition) is 0. The van der Waals surface area contributed by atoms with E-state index in [2.05, 4.69) is 25.7 Å². The third kappa shape index (κ3) is 3.61. The highest BCUT2D eigenvalue weighted by Gasteiger charge is 2.28. The quantitative estimate of drug-likeness (QED) is 0.695. The van der Waals surface area contributed by atoms with Crippen molar-refractivity contribution in [3.63, 3.8) is 0 Å². The lowest BCUT2D eigenvalue weighted by Crippen LogP contribution is -2.49. The molecule has 0 spiro atoms. The number of alkyl halides is 1. The molecule has 0 radical (unpaired) electrons. The van der Waals surface area contributed by atoms with Crippen molar-refractivity contribution < 1.29 is 4.79 Å². The minimum atomic E-state index is 0.0244. The Kier molecular flexibility index (Phi) is 5.79. The van der Waals surface area contributed by atoms with Gasteiger partial charge in [0.15, 0.2) is 0 Å². The fraction of sp³-hybridized carbons (Fsp3) is 0.667. The van der Waals surface area contributed by atoms with E-state index in [4.69, 9.17) is 21.6 Å². The number of hydrogen-bond acceptors (Lipinski definition) is 5. The molecule has 1 aliphatic heterocycles. The second-order valence-corrected chi connectivity index (χ2v) is 9.60. The Balaban J connectivity index is 1.74. The van der Waals surface area contributed by atoms with E-state index < -0.39 is 0 Å². The molecule has 0 unspecified atom stereocenters. The third-order valence-electron chi connectivity index (χ3n) is 6.25. The largest absolute Gasteiger partial charge is 0.352 e. The molecule has 1 saturated heterocycles. The molecule has 5 nitrogen and oxygen atoms in total. The van der Waals surface area contributed by atoms with Gasteiger partial charge in [0.2, 0.25) is 5.91 Å². The van der Waals surface area contributed by atoms with Gasteiger partial charge in [0.1, 0.15) is 22.4 Å². The molecule has 28 heavy (non-hydrogen) atoms. The molecule has 2 aliphatic rings. The fourth-order valence-electron chi connectivity index (χ4n) is 4.22. The van der Waals surface area contributed by atoms with Crippen molar-refractivity contribution in [1.29, 1.82) is 0 Å². The first-order valence-corrected chi connectivity index (χ1v) is 11.8. The number of halogens is 1. The van der Waals surface area contributed by atoms with Gasteiger partial charge >= 0.3 is 0 Å². The number of amides is 1. The van der Waals surface area contributed by atoms with Crippen molar-refractivity contribution in [1.82, 2.24) is 14.9 Å². The zero-order valence-electron chi connectivity index (χ0n) is 17.0. The molecule has 0 saturated carbocycles. The van der Waals surface area contributed by atoms with Crippen LogP contribution in [0.15, 0.2) is 0 Å². The van der Waals surface area contributed by atoms with Gasteiger partial charge in [-0.2, -0.15) is 0 Å². The number of fused-ring (bicyclic) bond motifs is 3. The number of carbonyl (C=O) groups is 1. The zero-order valence-corrected chi connectivity index (χ0v) is 18.6. The Bertz CT molecular complexity index is 875. The van der Waals surface area contributed by atoms with Gasteiger partial charge in [0.05, 0.1) is 5.39 Å². The third-order valence-corrected chi connectivity index (χ3v) is 7.63. The number of nitrogens with zero attached hydrogens (tertiary/aromatic N) is 4. The molecular formula is C21H29ClN4OS. The topological polar surface area (TPSA) is 49.3 Å². The van der Waals surface area contributed by atoms with Gasteiger partial charge < -0.3 is 9.80 Å². The van der Waals surface area contributed by atoms with Crippen LogP contribution in [0.25, 0.3) is 10.2 Å². The number of rotatable bonds is 4. The number of piperazine rings is 1. The van der Waals surface area contributed by atoms with Gasteiger partial charge in [-0.1, -0.05) is 20.8 Å². The summed E-state index contributed by atoms with van der Waals surface area (Å²) < 4.78 is 0. The van der Waals surface area contributed by atoms with Crippen molar-refractivity contribution in [2.45, 2.75) is 52.4 Å². The molecule has 2 aromatic rings. The Morgan fingerprint density at radius 1 is 1.29 bits per heavy atom. The summed E-state index contributed by atoms with van der Waals surface area (Å²) in [6.45, 7) is 9.76. The van der Waals surface area contributed by atoms with E-state index in [9.17, 15) is 4.79 Å². The van der Waals surface area contributed by atoms with E-state index in [0.717, 1.165) is 54.7 Å². The van der Waals surface area contributed by atoms with Crippen LogP contribution in [0.3, 0.4) is 0 Å². The molecule has 0 aromatic carbocycles. The smallest absolute Gasteiger partial charge is 0.237 e. The second-order valence-electron chi connectivity index (χ2n) is 8.25. The summed E-state index contributed by atoms with van der Waals surface area (Å²) in [6.07, 6.45) is 4.56. The molecule has 152 valence electrons. The Morgan fingerprint density at radius 2 is 2.04 bits per heavy atom. The summed E-state index contributed by atoms with van der Waals surface area (Å²) in [5.41, 5.74) is 1.48. The molecule has 2 atom stereocenters. The number of carbonyl (C=O) groups excluding carboxylic acids is 1. The first-order chi connectivity index (χ1) is 13.5. The minimum Gasteiger partial charge on any atom is -0.352 e. The van der Waals surface area contributed by atoms with E-state index in [1.54, 1.807) is 0 Å². The summed E-state index contributed by atoms with van der Waals surface area (Å²) in [4.78, 5) is 28.9. The van der Waals surface area contributed by atoms with Gasteiger partial charge in [-0.15, -0.1) is 22.9 Å². The zero-order chi connectivity index (χ0) is 19.8. The van der Waals surface area contributed by atoms with Crippen LogP contribution in [0.5, 0.6) is 0 Å². The van der Waals surface area contributed by atoms with Crippen LogP contribution in [0.4, 0.5) is 5.82 Å². The molecule has 4 rings (SSSR count). The van der Waals surface area contributed by atoms with E-state index in [0.29, 0.717) is 19.0 Å². The number of anilines is 1. The van der Waals surface area contributed by atoms with Gasteiger partial charge in [0, 0.05) is 37.0 Å². The van der Waals surface area contributed by atoms with Gasteiger partial charge in [-0.25, -0.2) is 9.97 Å². The Morgan fingerprint density at radius 3 is 2.71 bits per heavy atom. The Hall–Kier alpha value is -1.40. The molecule has 1 aliphatic carbocycles. The summed E-state index contributed by atoms with van der Waals surface area (Å²) in [5.74, 6) is 3.22. The van der Waals surface area contributed by atoms with Gasteiger partial charge in [-0.3, -0.25) is 4.79 Å². The number of thiophene rings is 1. The predicted octanol–water partition coefficient (Wildman–Crippen LogP) is 4.22. The minimum absolute atomic E-state index is 0.0244. The molecular weight excluding hydrogens is 392 g/mol. The SMILES string of the molecule is CC[C@H](C)c1nc(N2CCN(C(=O)CCl)CC2)c2c3c(sc2n1)C[C@H](C)CC3. The maximum atomic E-state index is 11.9. The van der Waals surface area contributed by atoms with Crippen molar-refractivity contribution in [3.05, 3.63) is 16.3 Å². The lowest BCUT2D eigenvalue weighted by molar-refractivity contribution is -0.128. The van der Waals surface area contributed by atoms with E-state index in [1.807, 2.05) is 16.2 Å². The van der Waals surface area contributed by atoms with Gasteiger partial charge in [-0.05, 0) is 37.2 Å². The van der Waals surface area contributed by atoms with Crippen LogP contribution < -0.4 is 4.90 Å². The lowest BCUT2D eigenvalue weighted by atomic mass is 9.89. The standard InChI is InChI=1S/C21H29ClN4OS/c1-4-14(3)19-23-20(26-9-7-25(8-10-26)17(27)12-22)18-15-6-5-13(2)11-16(15)28-21(18)24-19/h13-14H,4-12H2,1-3H3/t13-,14+/m1/s1. The van der Waals surface area contributed by atoms with Crippen LogP contribution in [0.2, 0.25) is 0 Å². The summed E-state index contributed by atoms with van der Waals surface area (Å²) in [5, 5.41) is 1.27. The lowest BCUT2D eigenvalue weighted by Gasteiger charge is -2.36. The van der Waals surface area contributed by atoms with Crippen LogP contribution in [-0.4, -0.2) is 52.8 Å². The first kappa shape index (κ1) is 19.9. The van der Waals surface area contributed by atoms with Crippen molar-refractivity contribution in [2.24, 2.45) is 5.92 Å². The number of aromatic nitrogens is 2. The van der Waals surface area contributed by atoms with Gasteiger partial charge in [0.25, 0.3) is 0 Å². The van der Waals surface area contributed by atoms with E-state index in [-0.39, 0.29) is 11.8 Å². The Labute approximate surface area is 176 Å². The normalized spacial score (nSPS) is 21.1. The molecule has 0 bridgehead atoms. The second kappa shape index (κ2) is 8.15. The highest BCUT2D eigenvalue weighted by atomic mass is 35.5. The van der Waals surface area contributed by atoms with Crippen LogP contribution >= 0.6 is 22.9 Å². The average molecular weight is 421 g/mol. The molecule has 3 heterocycles. The predicted molar refractivity (Wildman–Crippen MR) is 117 cm³/mol. The van der Waals surface area contributed by atoms with Crippen LogP contribution in [-0.2, 0) is 17.6 Å². The highest BCUT2D eigenvalue weighted by Crippen LogP contribution is 2.41. The summed E-state index contributed by atoms with van der Waals surface area (Å²) in [6, 6.07) is 0. The maximum Gasteiger partial charge on any atom is 0.237 e. The summed E-state index contributed by atoms with van der Waals surface area (Å²) in [7, 11) is 0. The van der Waals surface area contributed by atoms with Crippen LogP contribution in [0.1, 0.15) is 55.8 Å². The first-order valence-electron chi connectivity index (χ1n) is 10.4. The van der Waals surface area contributed by atoms with Crippen LogP contribution in [0, 0.1) is 5.92 Å². The van der Waals surface area contributed by atoms with Crippen molar-refractivity contribution >= 4 is 44.9 Å². The molecule has 2 aromatic heterocycles. The summed E-state index contributed by atoms with van der Waals surface area (Å²) >= 11 is 7.61. The molecule has 1 fully saturated rings. The van der Waals surface area contributed by atoms with Crippen molar-refractivity contribution in [3.8, 4) is 0 Å². The molecule has 0 N–H and O–H groups in total. The average Bonchev–Trinajstić information content (AvgIpc) is 3.09. The highest BCUT2D eigenvalue weighted by molar-refractivity contribution is 7.19. The van der Waals surface area contributed by atoms with E-state index in [1.165, 1.54) is 22.2 Å². The molecule has 1 amide bonds. The van der Waals surface area contributed by atoms with E-state index >= 15 is 0 Å². The fourth-order valence-corrected chi connectivity index (χ4v) is 5.78. The monoisotopic (exact) mass is 420 g/mol. The maximum absolute atomic E-state index is 11.9. The van der Waals surface area contributed by atoms with Crippen molar-refractivity contribution in [2.75, 3.05) is 37.0 Å². The molecule has 7 heteroatoms.